The van der Waals surface area contributed by atoms with Gasteiger partial charge in [-0.05, 0) is 6.42 Å². The van der Waals surface area contributed by atoms with Crippen molar-refractivity contribution in [2.45, 2.75) is 124 Å². The van der Waals surface area contributed by atoms with Gasteiger partial charge in [-0.3, -0.25) is 0 Å². The molecule has 242 valence electrons. The zero-order valence-corrected chi connectivity index (χ0v) is 20.1. The molecule has 0 fully saturated rings. The Morgan fingerprint density at radius 2 is 0.700 bits per heavy atom. The summed E-state index contributed by atoms with van der Waals surface area (Å²) in [4.78, 5) is 0. The van der Waals surface area contributed by atoms with Crippen LogP contribution in [0.1, 0.15) is 64.7 Å². The molecule has 0 heterocycles. The Kier molecular flexibility index (Phi) is 11.7. The van der Waals surface area contributed by atoms with Crippen molar-refractivity contribution in [1.82, 2.24) is 0 Å². The second kappa shape index (κ2) is 12.1. The van der Waals surface area contributed by atoms with Gasteiger partial charge in [-0.25, -0.2) is 4.39 Å². The van der Waals surface area contributed by atoms with Crippen LogP contribution in [0.25, 0.3) is 0 Å². The molecule has 0 aromatic heterocycles. The van der Waals surface area contributed by atoms with E-state index < -0.39 is 72.5 Å². The number of hydrogen-bond acceptors (Lipinski definition) is 1. The van der Waals surface area contributed by atoms with E-state index >= 15 is 0 Å². The van der Waals surface area contributed by atoms with Gasteiger partial charge in [0.25, 0.3) is 0 Å². The number of rotatable bonds is 18. The quantitative estimate of drug-likeness (QED) is 0.117. The van der Waals surface area contributed by atoms with Crippen molar-refractivity contribution < 1.29 is 88.5 Å². The third-order valence-electron chi connectivity index (χ3n) is 5.87. The molecule has 0 saturated heterocycles. The van der Waals surface area contributed by atoms with Crippen LogP contribution in [-0.4, -0.2) is 64.8 Å². The summed E-state index contributed by atoms with van der Waals surface area (Å²) in [6.07, 6.45) is -11.2. The van der Waals surface area contributed by atoms with Crippen molar-refractivity contribution in [2.24, 2.45) is 0 Å². The monoisotopic (exact) mass is 640 g/mol. The van der Waals surface area contributed by atoms with Gasteiger partial charge in [-0.2, -0.15) is 79.0 Å². The van der Waals surface area contributed by atoms with Crippen molar-refractivity contribution in [3.63, 3.8) is 0 Å². The van der Waals surface area contributed by atoms with Crippen LogP contribution in [0, 0.1) is 0 Å². The molecular weight excluding hydrogens is 617 g/mol. The summed E-state index contributed by atoms with van der Waals surface area (Å²) in [5.41, 5.74) is 0. The van der Waals surface area contributed by atoms with Gasteiger partial charge in [-0.15, -0.1) is 0 Å². The molecule has 1 atom stereocenters. The van der Waals surface area contributed by atoms with Crippen molar-refractivity contribution in [3.8, 4) is 0 Å². The van der Waals surface area contributed by atoms with Gasteiger partial charge >= 0.3 is 53.5 Å². The number of aliphatic hydroxyl groups is 1. The smallest absolute Gasteiger partial charge is 0.331 e. The van der Waals surface area contributed by atoms with E-state index in [9.17, 15) is 83.4 Å². The number of unbranched alkanes of at least 4 members (excludes halogenated alkanes) is 7. The molecule has 0 bridgehead atoms. The van der Waals surface area contributed by atoms with Crippen LogP contribution in [0.15, 0.2) is 0 Å². The summed E-state index contributed by atoms with van der Waals surface area (Å²) in [5, 5.41) is 7.58. The predicted molar refractivity (Wildman–Crippen MR) is 98.9 cm³/mol. The van der Waals surface area contributed by atoms with Gasteiger partial charge in [0.2, 0.25) is 0 Å². The zero-order chi connectivity index (χ0) is 32.4. The highest BCUT2D eigenvalue weighted by molar-refractivity contribution is 5.17. The van der Waals surface area contributed by atoms with Crippen molar-refractivity contribution in [2.75, 3.05) is 0 Å². The molecule has 1 N–H and O–H groups in total. The van der Waals surface area contributed by atoms with Gasteiger partial charge < -0.3 is 5.11 Å². The van der Waals surface area contributed by atoms with Crippen LogP contribution in [0.3, 0.4) is 0 Å². The van der Waals surface area contributed by atoms with E-state index in [1.807, 2.05) is 6.92 Å². The molecule has 1 nitrogen and oxygen atoms in total. The van der Waals surface area contributed by atoms with Gasteiger partial charge in [0.1, 0.15) is 0 Å². The Balaban J connectivity index is 6.15. The van der Waals surface area contributed by atoms with Gasteiger partial charge in [0.05, 0.1) is 0 Å². The number of hydrogen-bond donors (Lipinski definition) is 1. The third-order valence-corrected chi connectivity index (χ3v) is 5.87. The molecule has 0 radical (unpaired) electrons. The number of halogens is 19. The molecule has 40 heavy (non-hydrogen) atoms. The van der Waals surface area contributed by atoms with E-state index in [4.69, 9.17) is 5.11 Å². The maximum atomic E-state index is 13.8. The highest BCUT2D eigenvalue weighted by Gasteiger charge is 2.96. The summed E-state index contributed by atoms with van der Waals surface area (Å²) < 4.78 is 255. The number of alkyl halides is 19. The summed E-state index contributed by atoms with van der Waals surface area (Å²) >= 11 is 0. The second-order valence-electron chi connectivity index (χ2n) is 8.92. The largest absolute Gasteiger partial charge is 0.423 e. The van der Waals surface area contributed by atoms with E-state index in [0.29, 0.717) is 12.8 Å². The van der Waals surface area contributed by atoms with Crippen molar-refractivity contribution in [3.05, 3.63) is 0 Å². The topological polar surface area (TPSA) is 20.2 Å². The third kappa shape index (κ3) is 6.20. The summed E-state index contributed by atoms with van der Waals surface area (Å²) in [6, 6.07) is 0. The molecule has 0 aliphatic rings. The maximum absolute atomic E-state index is 13.8. The first-order chi connectivity index (χ1) is 17.5. The van der Waals surface area contributed by atoms with E-state index in [1.165, 1.54) is 0 Å². The molecule has 0 aromatic carbocycles. The van der Waals surface area contributed by atoms with Crippen LogP contribution in [0.4, 0.5) is 83.4 Å². The minimum atomic E-state index is -8.94. The highest BCUT2D eigenvalue weighted by Crippen LogP contribution is 2.65. The zero-order valence-electron chi connectivity index (χ0n) is 20.1. The van der Waals surface area contributed by atoms with Gasteiger partial charge in [-0.1, -0.05) is 58.3 Å². The average Bonchev–Trinajstić information content (AvgIpc) is 2.78. The highest BCUT2D eigenvalue weighted by atomic mass is 19.4. The molecule has 0 rings (SSSR count). The van der Waals surface area contributed by atoms with Crippen molar-refractivity contribution >= 4 is 0 Å². The Bertz CT molecular complexity index is 802. The molecule has 0 spiro atoms. The first-order valence-corrected chi connectivity index (χ1v) is 11.2. The van der Waals surface area contributed by atoms with E-state index in [-0.39, 0.29) is 12.8 Å². The molecule has 0 amide bonds. The molecule has 20 heteroatoms. The van der Waals surface area contributed by atoms with Crippen LogP contribution >= 0.6 is 0 Å². The SMILES string of the molecule is CCCCCCCCCCC(F)C(F)(F)C(F)(F)C(F)(F)C(F)(F)C(F)(F)C(F)(F)C(F)(F)C(F)(F)C(O)(F)F. The molecule has 0 aromatic rings. The van der Waals surface area contributed by atoms with E-state index in [0.717, 1.165) is 19.3 Å². The molecule has 0 saturated carbocycles. The lowest BCUT2D eigenvalue weighted by molar-refractivity contribution is -0.475. The maximum Gasteiger partial charge on any atom is 0.423 e. The Labute approximate surface area is 214 Å². The van der Waals surface area contributed by atoms with E-state index in [2.05, 4.69) is 0 Å². The van der Waals surface area contributed by atoms with Crippen LogP contribution in [0.5, 0.6) is 0 Å². The standard InChI is InChI=1S/C20H23F19O/c1-2-3-4-5-6-7-8-9-10-11(21)12(22,23)13(24,25)14(26,27)15(28,29)16(30,31)17(32,33)18(34,35)19(36,37)20(38,39)40/h11,40H,2-10H2,1H3. The van der Waals surface area contributed by atoms with E-state index in [1.54, 1.807) is 0 Å². The van der Waals surface area contributed by atoms with Crippen LogP contribution < -0.4 is 0 Å². The fraction of sp³-hybridized carbons (Fsp3) is 1.00. The Morgan fingerprint density at radius 3 is 1.02 bits per heavy atom. The molecular formula is C20H23F19O. The lowest BCUT2D eigenvalue weighted by atomic mass is 9.86. The summed E-state index contributed by atoms with van der Waals surface area (Å²) in [7, 11) is 0. The molecule has 1 unspecified atom stereocenters. The first kappa shape index (κ1) is 38.6. The fourth-order valence-corrected chi connectivity index (χ4v) is 3.22. The second-order valence-corrected chi connectivity index (χ2v) is 8.92. The summed E-state index contributed by atoms with van der Waals surface area (Å²) in [5.74, 6) is -67.2. The summed E-state index contributed by atoms with van der Waals surface area (Å²) in [6.45, 7) is 1.86. The normalized spacial score (nSPS) is 16.4. The molecule has 0 aliphatic carbocycles. The Morgan fingerprint density at radius 1 is 0.425 bits per heavy atom. The van der Waals surface area contributed by atoms with Gasteiger partial charge in [0.15, 0.2) is 6.17 Å². The van der Waals surface area contributed by atoms with Crippen LogP contribution in [-0.2, 0) is 0 Å². The van der Waals surface area contributed by atoms with Crippen LogP contribution in [0.2, 0.25) is 0 Å². The fourth-order valence-electron chi connectivity index (χ4n) is 3.22. The Hall–Kier alpha value is -1.37. The lowest BCUT2D eigenvalue weighted by Crippen LogP contribution is -2.76. The van der Waals surface area contributed by atoms with Gasteiger partial charge in [0, 0.05) is 0 Å². The minimum absolute atomic E-state index is 0.166. The van der Waals surface area contributed by atoms with Crippen molar-refractivity contribution in [1.29, 1.82) is 0 Å². The minimum Gasteiger partial charge on any atom is -0.331 e. The predicted octanol–water partition coefficient (Wildman–Crippen LogP) is 9.52. The first-order valence-electron chi connectivity index (χ1n) is 11.2. The molecule has 0 aliphatic heterocycles. The average molecular weight is 640 g/mol. The lowest BCUT2D eigenvalue weighted by Gasteiger charge is -2.44.